The molecule has 0 fully saturated rings. The Bertz CT molecular complexity index is 724. The van der Waals surface area contributed by atoms with E-state index in [-0.39, 0.29) is 5.97 Å². The molecule has 0 saturated heterocycles. The van der Waals surface area contributed by atoms with Crippen molar-refractivity contribution in [3.8, 4) is 0 Å². The topological polar surface area (TPSA) is 56.5 Å². The lowest BCUT2D eigenvalue weighted by atomic mass is 10.2. The van der Waals surface area contributed by atoms with Crippen LogP contribution in [0.5, 0.6) is 0 Å². The summed E-state index contributed by atoms with van der Waals surface area (Å²) in [6.45, 7) is 0. The summed E-state index contributed by atoms with van der Waals surface area (Å²) in [7, 11) is 1.39. The van der Waals surface area contributed by atoms with E-state index < -0.39 is 5.25 Å². The van der Waals surface area contributed by atoms with Crippen molar-refractivity contribution >= 4 is 34.7 Å². The number of imidazole rings is 1. The summed E-state index contributed by atoms with van der Waals surface area (Å²) in [5, 5.41) is 4.16. The molecule has 0 N–H and O–H groups in total. The van der Waals surface area contributed by atoms with E-state index in [0.717, 1.165) is 11.2 Å². The van der Waals surface area contributed by atoms with Crippen molar-refractivity contribution < 1.29 is 9.53 Å². The Labute approximate surface area is 123 Å². The lowest BCUT2D eigenvalue weighted by Gasteiger charge is -2.12. The van der Waals surface area contributed by atoms with Gasteiger partial charge in [-0.3, -0.25) is 4.79 Å². The van der Waals surface area contributed by atoms with Gasteiger partial charge in [-0.1, -0.05) is 11.8 Å². The van der Waals surface area contributed by atoms with Gasteiger partial charge in [-0.05, 0) is 22.4 Å². The van der Waals surface area contributed by atoms with Crippen molar-refractivity contribution in [2.24, 2.45) is 0 Å². The van der Waals surface area contributed by atoms with Crippen LogP contribution in [0.15, 0.2) is 46.6 Å². The summed E-state index contributed by atoms with van der Waals surface area (Å²) in [5.74, 6) is -0.288. The van der Waals surface area contributed by atoms with Gasteiger partial charge >= 0.3 is 5.97 Å². The van der Waals surface area contributed by atoms with Gasteiger partial charge in [-0.25, -0.2) is 9.97 Å². The van der Waals surface area contributed by atoms with Crippen molar-refractivity contribution in [2.75, 3.05) is 7.11 Å². The highest BCUT2D eigenvalue weighted by molar-refractivity contribution is 8.00. The zero-order chi connectivity index (χ0) is 13.9. The third-order valence-corrected chi connectivity index (χ3v) is 4.68. The number of hydrogen-bond donors (Lipinski definition) is 0. The Balaban J connectivity index is 1.97. The number of thiophene rings is 1. The molecular weight excluding hydrogens is 294 g/mol. The van der Waals surface area contributed by atoms with E-state index in [2.05, 4.69) is 9.97 Å². The fraction of sp³-hybridized carbons (Fsp3) is 0.154. The highest BCUT2D eigenvalue weighted by Crippen LogP contribution is 2.37. The number of hydrogen-bond acceptors (Lipinski definition) is 6. The SMILES string of the molecule is COC(=O)[C@@H](Sc1nccn2ccnc12)c1ccsc1. The van der Waals surface area contributed by atoms with Gasteiger partial charge in [0.2, 0.25) is 0 Å². The molecule has 3 aromatic heterocycles. The van der Waals surface area contributed by atoms with E-state index in [1.165, 1.54) is 18.9 Å². The molecule has 0 radical (unpaired) electrons. The Kier molecular flexibility index (Phi) is 3.70. The standard InChI is InChI=1S/C13H11N3O2S2/c1-18-13(17)10(9-2-7-19-8-9)20-12-11-14-3-5-16(11)6-4-15-12/h2-8,10H,1H3/t10-/m0/s1. The molecule has 0 aromatic carbocycles. The second-order valence-electron chi connectivity index (χ2n) is 3.97. The highest BCUT2D eigenvalue weighted by atomic mass is 32.2. The van der Waals surface area contributed by atoms with Crippen LogP contribution in [-0.2, 0) is 9.53 Å². The van der Waals surface area contributed by atoms with Gasteiger partial charge < -0.3 is 9.14 Å². The van der Waals surface area contributed by atoms with Crippen LogP contribution in [0.2, 0.25) is 0 Å². The first-order valence-corrected chi connectivity index (χ1v) is 7.66. The Morgan fingerprint density at radius 3 is 2.90 bits per heavy atom. The Morgan fingerprint density at radius 2 is 2.20 bits per heavy atom. The van der Waals surface area contributed by atoms with E-state index in [1.54, 1.807) is 23.7 Å². The molecule has 0 spiro atoms. The van der Waals surface area contributed by atoms with Crippen LogP contribution in [0.3, 0.4) is 0 Å². The van der Waals surface area contributed by atoms with E-state index in [9.17, 15) is 4.79 Å². The maximum Gasteiger partial charge on any atom is 0.323 e. The number of methoxy groups -OCH3 is 1. The van der Waals surface area contributed by atoms with Crippen molar-refractivity contribution in [3.05, 3.63) is 47.2 Å². The molecule has 0 saturated carbocycles. The van der Waals surface area contributed by atoms with Crippen LogP contribution in [0.4, 0.5) is 0 Å². The van der Waals surface area contributed by atoms with Gasteiger partial charge in [0.15, 0.2) is 5.65 Å². The summed E-state index contributed by atoms with van der Waals surface area (Å²) in [6.07, 6.45) is 7.07. The van der Waals surface area contributed by atoms with Crippen LogP contribution in [0.25, 0.3) is 5.65 Å². The minimum absolute atomic E-state index is 0.288. The summed E-state index contributed by atoms with van der Waals surface area (Å²) >= 11 is 2.90. The quantitative estimate of drug-likeness (QED) is 0.548. The number of carbonyl (C=O) groups excluding carboxylic acids is 1. The molecule has 102 valence electrons. The molecular formula is C13H11N3O2S2. The third kappa shape index (κ3) is 2.41. The predicted molar refractivity (Wildman–Crippen MR) is 77.9 cm³/mol. The van der Waals surface area contributed by atoms with Gasteiger partial charge in [0.05, 0.1) is 7.11 Å². The zero-order valence-electron chi connectivity index (χ0n) is 10.6. The summed E-state index contributed by atoms with van der Waals surface area (Å²) < 4.78 is 6.76. The third-order valence-electron chi connectivity index (χ3n) is 2.77. The molecule has 5 nitrogen and oxygen atoms in total. The number of thioether (sulfide) groups is 1. The van der Waals surface area contributed by atoms with Crippen molar-refractivity contribution in [1.29, 1.82) is 0 Å². The van der Waals surface area contributed by atoms with Crippen molar-refractivity contribution in [1.82, 2.24) is 14.4 Å². The molecule has 0 aliphatic heterocycles. The molecule has 7 heteroatoms. The highest BCUT2D eigenvalue weighted by Gasteiger charge is 2.25. The largest absolute Gasteiger partial charge is 0.468 e. The Hall–Kier alpha value is -1.86. The van der Waals surface area contributed by atoms with Crippen LogP contribution < -0.4 is 0 Å². The van der Waals surface area contributed by atoms with E-state index in [4.69, 9.17) is 4.74 Å². The summed E-state index contributed by atoms with van der Waals surface area (Å²) in [5.41, 5.74) is 1.66. The van der Waals surface area contributed by atoms with Gasteiger partial charge in [0, 0.05) is 24.8 Å². The normalized spacial score (nSPS) is 12.4. The molecule has 3 heterocycles. The first-order chi connectivity index (χ1) is 9.79. The van der Waals surface area contributed by atoms with E-state index >= 15 is 0 Å². The number of nitrogens with zero attached hydrogens (tertiary/aromatic N) is 3. The fourth-order valence-corrected chi connectivity index (χ4v) is 3.66. The number of aromatic nitrogens is 3. The smallest absolute Gasteiger partial charge is 0.323 e. The number of ether oxygens (including phenoxy) is 1. The van der Waals surface area contributed by atoms with Gasteiger partial charge in [0.1, 0.15) is 10.3 Å². The summed E-state index contributed by atoms with van der Waals surface area (Å²) in [4.78, 5) is 20.6. The minimum atomic E-state index is -0.429. The van der Waals surface area contributed by atoms with Gasteiger partial charge in [-0.15, -0.1) is 0 Å². The lowest BCUT2D eigenvalue weighted by Crippen LogP contribution is -2.11. The number of esters is 1. The average Bonchev–Trinajstić information content (AvgIpc) is 3.14. The molecule has 0 aliphatic rings. The van der Waals surface area contributed by atoms with Gasteiger partial charge in [-0.2, -0.15) is 11.3 Å². The van der Waals surface area contributed by atoms with Crippen LogP contribution in [0, 0.1) is 0 Å². The van der Waals surface area contributed by atoms with Crippen LogP contribution in [-0.4, -0.2) is 27.4 Å². The number of rotatable bonds is 4. The Morgan fingerprint density at radius 1 is 1.40 bits per heavy atom. The zero-order valence-corrected chi connectivity index (χ0v) is 12.2. The van der Waals surface area contributed by atoms with Crippen LogP contribution in [0.1, 0.15) is 10.8 Å². The second kappa shape index (κ2) is 5.64. The maximum absolute atomic E-state index is 12.0. The molecule has 0 bridgehead atoms. The molecule has 0 amide bonds. The van der Waals surface area contributed by atoms with E-state index in [1.807, 2.05) is 33.6 Å². The van der Waals surface area contributed by atoms with Crippen molar-refractivity contribution in [3.63, 3.8) is 0 Å². The van der Waals surface area contributed by atoms with Gasteiger partial charge in [0.25, 0.3) is 0 Å². The molecule has 3 aromatic rings. The first kappa shape index (κ1) is 13.1. The average molecular weight is 305 g/mol. The number of fused-ring (bicyclic) bond motifs is 1. The second-order valence-corrected chi connectivity index (χ2v) is 5.84. The summed E-state index contributed by atoms with van der Waals surface area (Å²) in [6, 6.07) is 1.92. The van der Waals surface area contributed by atoms with Crippen molar-refractivity contribution in [2.45, 2.75) is 10.3 Å². The molecule has 3 rings (SSSR count). The lowest BCUT2D eigenvalue weighted by molar-refractivity contribution is -0.140. The molecule has 1 atom stereocenters. The minimum Gasteiger partial charge on any atom is -0.468 e. The molecule has 20 heavy (non-hydrogen) atoms. The van der Waals surface area contributed by atoms with E-state index in [0.29, 0.717) is 5.03 Å². The van der Waals surface area contributed by atoms with Crippen LogP contribution >= 0.6 is 23.1 Å². The first-order valence-electron chi connectivity index (χ1n) is 5.84. The maximum atomic E-state index is 12.0. The predicted octanol–water partition coefficient (Wildman–Crippen LogP) is 2.80. The fourth-order valence-electron chi connectivity index (χ4n) is 1.81. The monoisotopic (exact) mass is 305 g/mol. The molecule has 0 aliphatic carbocycles. The number of carbonyl (C=O) groups is 1. The molecule has 0 unspecified atom stereocenters.